The Kier molecular flexibility index (Phi) is 5.63. The highest BCUT2D eigenvalue weighted by Gasteiger charge is 2.16. The molecular formula is C12H15Cl2NOS. The van der Waals surface area contributed by atoms with Crippen molar-refractivity contribution in [1.82, 2.24) is 4.90 Å². The Balaban J connectivity index is 2.94. The average Bonchev–Trinajstić information content (AvgIpc) is 2.28. The number of carbonyl (C=O) groups excluding carboxylic acids is 1. The van der Waals surface area contributed by atoms with Crippen molar-refractivity contribution >= 4 is 40.9 Å². The number of carbonyl (C=O) groups is 1. The van der Waals surface area contributed by atoms with Crippen LogP contribution in [0.1, 0.15) is 17.3 Å². The first-order valence-corrected chi connectivity index (χ1v) is 7.22. The molecule has 0 aliphatic carbocycles. The van der Waals surface area contributed by atoms with E-state index in [1.165, 1.54) is 0 Å². The normalized spacial score (nSPS) is 12.3. The summed E-state index contributed by atoms with van der Waals surface area (Å²) in [7, 11) is 1.73. The van der Waals surface area contributed by atoms with Gasteiger partial charge in [-0.3, -0.25) is 4.79 Å². The first kappa shape index (κ1) is 14.7. The summed E-state index contributed by atoms with van der Waals surface area (Å²) >= 11 is 13.5. The number of amides is 1. The van der Waals surface area contributed by atoms with Crippen molar-refractivity contribution in [3.8, 4) is 0 Å². The van der Waals surface area contributed by atoms with Gasteiger partial charge in [0.15, 0.2) is 0 Å². The molecule has 94 valence electrons. The molecule has 1 amide bonds. The van der Waals surface area contributed by atoms with E-state index in [-0.39, 0.29) is 11.3 Å². The lowest BCUT2D eigenvalue weighted by atomic mass is 10.2. The molecule has 1 unspecified atom stereocenters. The fourth-order valence-electron chi connectivity index (χ4n) is 1.46. The molecule has 5 heteroatoms. The highest BCUT2D eigenvalue weighted by atomic mass is 35.5. The zero-order chi connectivity index (χ0) is 13.0. The maximum atomic E-state index is 12.1. The summed E-state index contributed by atoms with van der Waals surface area (Å²) < 4.78 is 0. The second kappa shape index (κ2) is 6.53. The third-order valence-corrected chi connectivity index (χ3v) is 3.47. The van der Waals surface area contributed by atoms with E-state index < -0.39 is 0 Å². The molecule has 1 aromatic carbocycles. The van der Waals surface area contributed by atoms with E-state index in [4.69, 9.17) is 23.2 Å². The van der Waals surface area contributed by atoms with E-state index in [1.54, 1.807) is 29.8 Å². The summed E-state index contributed by atoms with van der Waals surface area (Å²) in [6.45, 7) is 2.35. The molecule has 0 aliphatic heterocycles. The van der Waals surface area contributed by atoms with Crippen LogP contribution in [0.4, 0.5) is 0 Å². The second-order valence-corrected chi connectivity index (χ2v) is 5.84. The van der Waals surface area contributed by atoms with Gasteiger partial charge in [-0.2, -0.15) is 0 Å². The van der Waals surface area contributed by atoms with Crippen LogP contribution < -0.4 is 0 Å². The Labute approximate surface area is 116 Å². The molecule has 0 aromatic heterocycles. The predicted molar refractivity (Wildman–Crippen MR) is 75.5 cm³/mol. The van der Waals surface area contributed by atoms with Crippen LogP contribution in [-0.4, -0.2) is 36.0 Å². The number of hydrogen-bond donors (Lipinski definition) is 0. The Bertz CT molecular complexity index is 409. The van der Waals surface area contributed by atoms with E-state index in [0.29, 0.717) is 17.1 Å². The number of alkyl halides is 1. The number of nitrogens with zero attached hydrogens (tertiary/aromatic N) is 1. The van der Waals surface area contributed by atoms with E-state index >= 15 is 0 Å². The van der Waals surface area contributed by atoms with Gasteiger partial charge in [-0.05, 0) is 31.4 Å². The first-order chi connectivity index (χ1) is 7.95. The molecule has 2 nitrogen and oxygen atoms in total. The van der Waals surface area contributed by atoms with Crippen LogP contribution >= 0.6 is 35.0 Å². The monoisotopic (exact) mass is 291 g/mol. The molecule has 0 bridgehead atoms. The largest absolute Gasteiger partial charge is 0.340 e. The molecular weight excluding hydrogens is 277 g/mol. The van der Waals surface area contributed by atoms with Crippen LogP contribution in [0.5, 0.6) is 0 Å². The average molecular weight is 292 g/mol. The second-order valence-electron chi connectivity index (χ2n) is 3.81. The van der Waals surface area contributed by atoms with Gasteiger partial charge < -0.3 is 4.90 Å². The minimum Gasteiger partial charge on any atom is -0.340 e. The van der Waals surface area contributed by atoms with Crippen LogP contribution in [-0.2, 0) is 0 Å². The van der Waals surface area contributed by atoms with Crippen molar-refractivity contribution in [2.24, 2.45) is 0 Å². The first-order valence-electron chi connectivity index (χ1n) is 5.18. The zero-order valence-corrected chi connectivity index (χ0v) is 12.4. The van der Waals surface area contributed by atoms with Crippen LogP contribution in [0.15, 0.2) is 23.1 Å². The maximum Gasteiger partial charge on any atom is 0.255 e. The standard InChI is InChI=1S/C12H15Cl2NOS/c1-8(13)7-15(2)12(16)10-6-9(17-3)4-5-11(10)14/h4-6,8H,7H2,1-3H3. The molecule has 0 saturated heterocycles. The molecule has 0 spiro atoms. The molecule has 0 saturated carbocycles. The minimum atomic E-state index is -0.0987. The molecule has 0 aliphatic rings. The molecule has 0 fully saturated rings. The highest BCUT2D eigenvalue weighted by molar-refractivity contribution is 7.98. The van der Waals surface area contributed by atoms with Gasteiger partial charge in [0.05, 0.1) is 10.6 Å². The topological polar surface area (TPSA) is 20.3 Å². The summed E-state index contributed by atoms with van der Waals surface area (Å²) in [4.78, 5) is 14.7. The summed E-state index contributed by atoms with van der Waals surface area (Å²) in [5.41, 5.74) is 0.526. The fourth-order valence-corrected chi connectivity index (χ4v) is 2.31. The van der Waals surface area contributed by atoms with E-state index in [2.05, 4.69) is 0 Å². The number of benzene rings is 1. The smallest absolute Gasteiger partial charge is 0.255 e. The fraction of sp³-hybridized carbons (Fsp3) is 0.417. The minimum absolute atomic E-state index is 0.0774. The van der Waals surface area contributed by atoms with E-state index in [0.717, 1.165) is 4.90 Å². The summed E-state index contributed by atoms with van der Waals surface area (Å²) in [5.74, 6) is -0.0987. The van der Waals surface area contributed by atoms with Crippen LogP contribution in [0, 0.1) is 0 Å². The van der Waals surface area contributed by atoms with Gasteiger partial charge in [0.2, 0.25) is 0 Å². The lowest BCUT2D eigenvalue weighted by Gasteiger charge is -2.19. The van der Waals surface area contributed by atoms with Gasteiger partial charge in [0, 0.05) is 23.9 Å². The van der Waals surface area contributed by atoms with E-state index in [1.807, 2.05) is 25.3 Å². The van der Waals surface area contributed by atoms with Gasteiger partial charge in [-0.25, -0.2) is 0 Å². The molecule has 1 rings (SSSR count). The third-order valence-electron chi connectivity index (χ3n) is 2.28. The van der Waals surface area contributed by atoms with Crippen LogP contribution in [0.25, 0.3) is 0 Å². The summed E-state index contributed by atoms with van der Waals surface area (Å²) in [6, 6.07) is 5.46. The molecule has 0 heterocycles. The predicted octanol–water partition coefficient (Wildman–Crippen LogP) is 3.76. The number of rotatable bonds is 4. The molecule has 1 atom stereocenters. The lowest BCUT2D eigenvalue weighted by Crippen LogP contribution is -2.31. The van der Waals surface area contributed by atoms with Crippen molar-refractivity contribution in [3.05, 3.63) is 28.8 Å². The van der Waals surface area contributed by atoms with Gasteiger partial charge >= 0.3 is 0 Å². The van der Waals surface area contributed by atoms with Gasteiger partial charge in [-0.15, -0.1) is 23.4 Å². The van der Waals surface area contributed by atoms with E-state index in [9.17, 15) is 4.79 Å². The Hall–Kier alpha value is -0.380. The third kappa shape index (κ3) is 4.09. The van der Waals surface area contributed by atoms with Crippen LogP contribution in [0.2, 0.25) is 5.02 Å². The summed E-state index contributed by atoms with van der Waals surface area (Å²) in [5, 5.41) is 0.397. The molecule has 0 N–H and O–H groups in total. The number of thioether (sulfide) groups is 1. The van der Waals surface area contributed by atoms with Gasteiger partial charge in [0.25, 0.3) is 5.91 Å². The zero-order valence-electron chi connectivity index (χ0n) is 10.0. The van der Waals surface area contributed by atoms with Crippen molar-refractivity contribution < 1.29 is 4.79 Å². The van der Waals surface area contributed by atoms with Crippen molar-refractivity contribution in [2.45, 2.75) is 17.2 Å². The van der Waals surface area contributed by atoms with Gasteiger partial charge in [-0.1, -0.05) is 11.6 Å². The Morgan fingerprint density at radius 2 is 2.18 bits per heavy atom. The molecule has 17 heavy (non-hydrogen) atoms. The summed E-state index contributed by atoms with van der Waals surface area (Å²) in [6.07, 6.45) is 1.96. The van der Waals surface area contributed by atoms with Crippen LogP contribution in [0.3, 0.4) is 0 Å². The number of hydrogen-bond acceptors (Lipinski definition) is 2. The lowest BCUT2D eigenvalue weighted by molar-refractivity contribution is 0.0796. The molecule has 1 aromatic rings. The van der Waals surface area contributed by atoms with Crippen molar-refractivity contribution in [2.75, 3.05) is 19.8 Å². The van der Waals surface area contributed by atoms with Gasteiger partial charge in [0.1, 0.15) is 0 Å². The Morgan fingerprint density at radius 3 is 2.71 bits per heavy atom. The Morgan fingerprint density at radius 1 is 1.53 bits per heavy atom. The maximum absolute atomic E-state index is 12.1. The number of halogens is 2. The quantitative estimate of drug-likeness (QED) is 0.622. The SMILES string of the molecule is CSc1ccc(Cl)c(C(=O)N(C)CC(C)Cl)c1. The van der Waals surface area contributed by atoms with Crippen molar-refractivity contribution in [1.29, 1.82) is 0 Å². The van der Waals surface area contributed by atoms with Crippen molar-refractivity contribution in [3.63, 3.8) is 0 Å². The molecule has 0 radical (unpaired) electrons. The highest BCUT2D eigenvalue weighted by Crippen LogP contribution is 2.24.